The number of hydrogen-bond acceptors (Lipinski definition) is 13. The zero-order chi connectivity index (χ0) is 31.0. The molecule has 0 unspecified atom stereocenters. The van der Waals surface area contributed by atoms with E-state index in [4.69, 9.17) is 13.9 Å². The molecule has 1 aliphatic rings. The highest BCUT2D eigenvalue weighted by molar-refractivity contribution is 5.90. The topological polar surface area (TPSA) is 228 Å². The summed E-state index contributed by atoms with van der Waals surface area (Å²) in [6.45, 7) is -0.797. The Morgan fingerprint density at radius 3 is 2.26 bits per heavy atom. The van der Waals surface area contributed by atoms with Crippen LogP contribution in [0.5, 0.6) is 28.7 Å². The van der Waals surface area contributed by atoms with Gasteiger partial charge in [0.2, 0.25) is 0 Å². The Morgan fingerprint density at radius 2 is 1.58 bits per heavy atom. The van der Waals surface area contributed by atoms with Crippen molar-refractivity contribution in [1.29, 1.82) is 0 Å². The molecule has 0 spiro atoms. The molecule has 2 heterocycles. The fourth-order valence-corrected chi connectivity index (χ4v) is 4.79. The molecule has 1 aliphatic heterocycles. The first-order valence-electron chi connectivity index (χ1n) is 12.8. The zero-order valence-electron chi connectivity index (χ0n) is 22.1. The maximum absolute atomic E-state index is 13.1. The van der Waals surface area contributed by atoms with Crippen molar-refractivity contribution in [2.45, 2.75) is 30.5 Å². The molecule has 224 valence electrons. The van der Waals surface area contributed by atoms with E-state index in [2.05, 4.69) is 0 Å². The van der Waals surface area contributed by atoms with Gasteiger partial charge >= 0.3 is 5.97 Å². The average molecular weight is 595 g/mol. The van der Waals surface area contributed by atoms with Crippen LogP contribution in [0.15, 0.2) is 69.9 Å². The summed E-state index contributed by atoms with van der Waals surface area (Å²) < 4.78 is 17.1. The summed E-state index contributed by atoms with van der Waals surface area (Å²) in [7, 11) is 0. The van der Waals surface area contributed by atoms with Crippen LogP contribution in [0.1, 0.15) is 17.2 Å². The second-order valence-corrected chi connectivity index (χ2v) is 9.80. The van der Waals surface area contributed by atoms with Crippen LogP contribution in [0.3, 0.4) is 0 Å². The fourth-order valence-electron chi connectivity index (χ4n) is 4.79. The van der Waals surface area contributed by atoms with E-state index >= 15 is 0 Å². The maximum atomic E-state index is 13.1. The van der Waals surface area contributed by atoms with Crippen LogP contribution in [0, 0.1) is 0 Å². The number of carbonyl (C=O) groups excluding carboxylic acids is 1. The first kappa shape index (κ1) is 29.4. The van der Waals surface area contributed by atoms with Gasteiger partial charge in [-0.2, -0.15) is 0 Å². The molecule has 1 saturated heterocycles. The van der Waals surface area contributed by atoms with Gasteiger partial charge in [0.1, 0.15) is 52.8 Å². The summed E-state index contributed by atoms with van der Waals surface area (Å²) in [6, 6.07) is 11.2. The van der Waals surface area contributed by atoms with Crippen LogP contribution in [0.25, 0.3) is 28.4 Å². The first-order valence-corrected chi connectivity index (χ1v) is 12.8. The molecular formula is C30H26O13. The lowest BCUT2D eigenvalue weighted by molar-refractivity contribution is -0.239. The highest BCUT2D eigenvalue weighted by Crippen LogP contribution is 2.45. The van der Waals surface area contributed by atoms with Gasteiger partial charge in [-0.1, -0.05) is 12.1 Å². The van der Waals surface area contributed by atoms with E-state index in [9.17, 15) is 50.4 Å². The lowest BCUT2D eigenvalue weighted by atomic mass is 9.89. The van der Waals surface area contributed by atoms with Crippen LogP contribution in [-0.2, 0) is 14.3 Å². The predicted molar refractivity (Wildman–Crippen MR) is 148 cm³/mol. The van der Waals surface area contributed by atoms with Crippen LogP contribution in [0.4, 0.5) is 0 Å². The standard InChI is InChI=1S/C30H26O13/c31-12-22-26(39)27(40)30(43-23(38)8-3-13-1-5-15(32)6-2-13)29(42-22)25-19(36)10-18(35)24-20(37)11-21(41-28(24)25)14-4-7-16(33)17(34)9-14/h1-11,22,26-27,29-36,39-40H,12H2/t22-,26-,27+,29+,30-/m1/s1. The predicted octanol–water partition coefficient (Wildman–Crippen LogP) is 1.77. The molecule has 0 bridgehead atoms. The third-order valence-corrected chi connectivity index (χ3v) is 6.97. The lowest BCUT2D eigenvalue weighted by Crippen LogP contribution is -2.56. The molecular weight excluding hydrogens is 568 g/mol. The minimum absolute atomic E-state index is 0.00965. The lowest BCUT2D eigenvalue weighted by Gasteiger charge is -2.41. The Hall–Kier alpha value is -5.08. The minimum Gasteiger partial charge on any atom is -0.508 e. The number of fused-ring (bicyclic) bond motifs is 1. The second-order valence-electron chi connectivity index (χ2n) is 9.80. The quantitative estimate of drug-likeness (QED) is 0.0905. The van der Waals surface area contributed by atoms with Gasteiger partial charge in [0, 0.05) is 23.8 Å². The number of carbonyl (C=O) groups is 1. The first-order chi connectivity index (χ1) is 20.5. The number of ether oxygens (including phenoxy) is 2. The van der Waals surface area contributed by atoms with Gasteiger partial charge in [0.15, 0.2) is 28.6 Å². The third kappa shape index (κ3) is 5.69. The van der Waals surface area contributed by atoms with Crippen LogP contribution < -0.4 is 5.43 Å². The monoisotopic (exact) mass is 594 g/mol. The average Bonchev–Trinajstić information content (AvgIpc) is 2.97. The number of aromatic hydroxyl groups is 5. The molecule has 5 rings (SSSR count). The van der Waals surface area contributed by atoms with Crippen molar-refractivity contribution in [3.8, 4) is 40.1 Å². The number of esters is 1. The van der Waals surface area contributed by atoms with Crippen LogP contribution >= 0.6 is 0 Å². The smallest absolute Gasteiger partial charge is 0.331 e. The molecule has 8 N–H and O–H groups in total. The molecule has 3 aromatic carbocycles. The van der Waals surface area contributed by atoms with E-state index in [0.717, 1.165) is 30.3 Å². The van der Waals surface area contributed by atoms with Gasteiger partial charge in [0.25, 0.3) is 0 Å². The van der Waals surface area contributed by atoms with E-state index in [1.165, 1.54) is 36.4 Å². The summed E-state index contributed by atoms with van der Waals surface area (Å²) >= 11 is 0. The molecule has 4 aromatic rings. The molecule has 13 nitrogen and oxygen atoms in total. The van der Waals surface area contributed by atoms with Gasteiger partial charge in [-0.15, -0.1) is 0 Å². The Balaban J connectivity index is 1.62. The molecule has 0 amide bonds. The Kier molecular flexibility index (Phi) is 7.98. The molecule has 0 radical (unpaired) electrons. The number of phenols is 5. The molecule has 0 saturated carbocycles. The summed E-state index contributed by atoms with van der Waals surface area (Å²) in [5.74, 6) is -3.51. The highest BCUT2D eigenvalue weighted by atomic mass is 16.6. The molecule has 43 heavy (non-hydrogen) atoms. The van der Waals surface area contributed by atoms with Crippen molar-refractivity contribution >= 4 is 23.0 Å². The SMILES string of the molecule is O=C(C=Cc1ccc(O)cc1)O[C@@H]1[C@@H](O)[C@H](O)[C@@H](CO)O[C@H]1c1c(O)cc(O)c2c(=O)cc(-c3ccc(O)c(O)c3)oc12. The molecule has 0 aliphatic carbocycles. The van der Waals surface area contributed by atoms with E-state index in [1.807, 2.05) is 0 Å². The second kappa shape index (κ2) is 11.7. The van der Waals surface area contributed by atoms with Crippen molar-refractivity contribution < 1.29 is 59.5 Å². The van der Waals surface area contributed by atoms with E-state index in [0.29, 0.717) is 5.56 Å². The Bertz CT molecular complexity index is 1760. The number of aliphatic hydroxyl groups is 3. The van der Waals surface area contributed by atoms with Crippen molar-refractivity contribution in [3.05, 3.63) is 82.0 Å². The van der Waals surface area contributed by atoms with Gasteiger partial charge in [-0.3, -0.25) is 4.79 Å². The number of benzene rings is 3. The summed E-state index contributed by atoms with van der Waals surface area (Å²) in [5, 5.41) is 81.4. The zero-order valence-corrected chi connectivity index (χ0v) is 22.1. The maximum Gasteiger partial charge on any atom is 0.331 e. The van der Waals surface area contributed by atoms with Crippen molar-refractivity contribution in [2.24, 2.45) is 0 Å². The Morgan fingerprint density at radius 1 is 0.860 bits per heavy atom. The molecule has 5 atom stereocenters. The third-order valence-electron chi connectivity index (χ3n) is 6.97. The van der Waals surface area contributed by atoms with Crippen molar-refractivity contribution in [3.63, 3.8) is 0 Å². The van der Waals surface area contributed by atoms with Crippen molar-refractivity contribution in [2.75, 3.05) is 6.61 Å². The van der Waals surface area contributed by atoms with Crippen molar-refractivity contribution in [1.82, 2.24) is 0 Å². The normalized spacial score (nSPS) is 22.2. The highest BCUT2D eigenvalue weighted by Gasteiger charge is 2.49. The summed E-state index contributed by atoms with van der Waals surface area (Å²) in [5.41, 5.74) is -0.955. The number of rotatable bonds is 6. The fraction of sp³-hybridized carbons (Fsp3) is 0.200. The molecule has 1 aromatic heterocycles. The largest absolute Gasteiger partial charge is 0.508 e. The summed E-state index contributed by atoms with van der Waals surface area (Å²) in [6.07, 6.45) is -6.08. The Labute approximate surface area is 242 Å². The summed E-state index contributed by atoms with van der Waals surface area (Å²) in [4.78, 5) is 25.9. The van der Waals surface area contributed by atoms with E-state index < -0.39 is 82.5 Å². The van der Waals surface area contributed by atoms with Crippen LogP contribution in [0.2, 0.25) is 0 Å². The van der Waals surface area contributed by atoms with Crippen LogP contribution in [-0.4, -0.2) is 77.8 Å². The van der Waals surface area contributed by atoms with Gasteiger partial charge in [-0.25, -0.2) is 4.79 Å². The number of aliphatic hydroxyl groups excluding tert-OH is 3. The minimum atomic E-state index is -1.87. The molecule has 1 fully saturated rings. The number of hydrogen-bond donors (Lipinski definition) is 8. The van der Waals surface area contributed by atoms with Gasteiger partial charge < -0.3 is 54.7 Å². The van der Waals surface area contributed by atoms with Gasteiger partial charge in [-0.05, 0) is 42.0 Å². The number of phenolic OH excluding ortho intramolecular Hbond substituents is 5. The van der Waals surface area contributed by atoms with E-state index in [1.54, 1.807) is 0 Å². The van der Waals surface area contributed by atoms with E-state index in [-0.39, 0.29) is 22.6 Å². The van der Waals surface area contributed by atoms with Gasteiger partial charge in [0.05, 0.1) is 12.2 Å². The molecule has 13 heteroatoms.